The first-order valence-electron chi connectivity index (χ1n) is 6.48. The molecule has 0 aromatic heterocycles. The Hall–Kier alpha value is -1.63. The molecule has 0 bridgehead atoms. The standard InChI is InChI=1S/C14H17F3N2OS/c1-3-4-8(2)13(20)19-11-6-5-9(14(15,16)17)7-10(11)12(18)21/h5-8H,3-4H2,1-2H3,(H2,18,21)(H,19,20). The lowest BCUT2D eigenvalue weighted by Crippen LogP contribution is -2.23. The number of amides is 1. The number of benzene rings is 1. The Labute approximate surface area is 126 Å². The van der Waals surface area contributed by atoms with Crippen molar-refractivity contribution in [3.05, 3.63) is 29.3 Å². The van der Waals surface area contributed by atoms with Crippen molar-refractivity contribution in [3.8, 4) is 0 Å². The van der Waals surface area contributed by atoms with E-state index >= 15 is 0 Å². The van der Waals surface area contributed by atoms with Gasteiger partial charge in [0.05, 0.1) is 11.3 Å². The zero-order valence-electron chi connectivity index (χ0n) is 11.8. The molecule has 21 heavy (non-hydrogen) atoms. The van der Waals surface area contributed by atoms with Gasteiger partial charge in [0.15, 0.2) is 0 Å². The van der Waals surface area contributed by atoms with E-state index in [9.17, 15) is 18.0 Å². The zero-order valence-corrected chi connectivity index (χ0v) is 12.6. The number of halogens is 3. The second-order valence-electron chi connectivity index (χ2n) is 4.80. The van der Waals surface area contributed by atoms with Crippen molar-refractivity contribution < 1.29 is 18.0 Å². The van der Waals surface area contributed by atoms with Crippen LogP contribution in [0.2, 0.25) is 0 Å². The minimum atomic E-state index is -4.49. The van der Waals surface area contributed by atoms with Gasteiger partial charge in [-0.15, -0.1) is 0 Å². The molecule has 3 nitrogen and oxygen atoms in total. The average molecular weight is 318 g/mol. The number of hydrogen-bond acceptors (Lipinski definition) is 2. The third-order valence-electron chi connectivity index (χ3n) is 3.04. The van der Waals surface area contributed by atoms with Crippen LogP contribution in [0.15, 0.2) is 18.2 Å². The highest BCUT2D eigenvalue weighted by atomic mass is 32.1. The van der Waals surface area contributed by atoms with Gasteiger partial charge in [-0.1, -0.05) is 32.5 Å². The first kappa shape index (κ1) is 17.4. The van der Waals surface area contributed by atoms with Gasteiger partial charge in [-0.25, -0.2) is 0 Å². The number of nitrogens with two attached hydrogens (primary N) is 1. The molecule has 1 unspecified atom stereocenters. The molecule has 0 fully saturated rings. The molecule has 1 rings (SSSR count). The topological polar surface area (TPSA) is 55.1 Å². The molecule has 0 aliphatic rings. The fraction of sp³-hybridized carbons (Fsp3) is 0.429. The average Bonchev–Trinajstić information content (AvgIpc) is 2.37. The molecule has 116 valence electrons. The van der Waals surface area contributed by atoms with Gasteiger partial charge in [0.2, 0.25) is 5.91 Å². The summed E-state index contributed by atoms with van der Waals surface area (Å²) in [4.78, 5) is 11.7. The van der Waals surface area contributed by atoms with Crippen molar-refractivity contribution in [1.82, 2.24) is 0 Å². The monoisotopic (exact) mass is 318 g/mol. The van der Waals surface area contributed by atoms with Crippen LogP contribution in [0.1, 0.15) is 37.8 Å². The van der Waals surface area contributed by atoms with E-state index in [1.165, 1.54) is 6.07 Å². The summed E-state index contributed by atoms with van der Waals surface area (Å²) in [5.41, 5.74) is 4.80. The minimum Gasteiger partial charge on any atom is -0.389 e. The normalized spacial score (nSPS) is 12.8. The number of carbonyl (C=O) groups is 1. The summed E-state index contributed by atoms with van der Waals surface area (Å²) in [6.07, 6.45) is -2.96. The lowest BCUT2D eigenvalue weighted by atomic mass is 10.0. The van der Waals surface area contributed by atoms with E-state index in [2.05, 4.69) is 5.32 Å². The van der Waals surface area contributed by atoms with Gasteiger partial charge in [-0.3, -0.25) is 4.79 Å². The number of thiocarbonyl (C=S) groups is 1. The van der Waals surface area contributed by atoms with Crippen LogP contribution in [-0.4, -0.2) is 10.9 Å². The van der Waals surface area contributed by atoms with E-state index in [1.54, 1.807) is 6.92 Å². The Morgan fingerprint density at radius 2 is 2.05 bits per heavy atom. The summed E-state index contributed by atoms with van der Waals surface area (Å²) >= 11 is 4.76. The number of carbonyl (C=O) groups excluding carboxylic acids is 1. The zero-order chi connectivity index (χ0) is 16.2. The molecule has 0 saturated carbocycles. The maximum Gasteiger partial charge on any atom is 0.416 e. The molecule has 3 N–H and O–H groups in total. The van der Waals surface area contributed by atoms with Crippen LogP contribution in [0, 0.1) is 5.92 Å². The second kappa shape index (κ2) is 6.89. The van der Waals surface area contributed by atoms with Crippen LogP contribution in [-0.2, 0) is 11.0 Å². The van der Waals surface area contributed by atoms with Gasteiger partial charge >= 0.3 is 6.18 Å². The predicted octanol–water partition coefficient (Wildman–Crippen LogP) is 3.71. The smallest absolute Gasteiger partial charge is 0.389 e. The molecule has 0 heterocycles. The fourth-order valence-electron chi connectivity index (χ4n) is 1.85. The van der Waals surface area contributed by atoms with Crippen LogP contribution in [0.4, 0.5) is 18.9 Å². The first-order chi connectivity index (χ1) is 9.66. The van der Waals surface area contributed by atoms with E-state index in [1.807, 2.05) is 6.92 Å². The van der Waals surface area contributed by atoms with Crippen molar-refractivity contribution in [2.45, 2.75) is 32.9 Å². The van der Waals surface area contributed by atoms with E-state index < -0.39 is 11.7 Å². The molecule has 0 radical (unpaired) electrons. The van der Waals surface area contributed by atoms with E-state index in [0.717, 1.165) is 18.6 Å². The molecule has 1 atom stereocenters. The van der Waals surface area contributed by atoms with Crippen LogP contribution in [0.25, 0.3) is 0 Å². The Morgan fingerprint density at radius 1 is 1.43 bits per heavy atom. The third kappa shape index (κ3) is 4.70. The van der Waals surface area contributed by atoms with Crippen LogP contribution in [0.3, 0.4) is 0 Å². The molecule has 1 amide bonds. The molecular formula is C14H17F3N2OS. The van der Waals surface area contributed by atoms with Crippen molar-refractivity contribution in [1.29, 1.82) is 0 Å². The van der Waals surface area contributed by atoms with Gasteiger partial charge in [0.25, 0.3) is 0 Å². The second-order valence-corrected chi connectivity index (χ2v) is 5.24. The number of rotatable bonds is 5. The first-order valence-corrected chi connectivity index (χ1v) is 6.89. The van der Waals surface area contributed by atoms with Crippen LogP contribution < -0.4 is 11.1 Å². The number of anilines is 1. The van der Waals surface area contributed by atoms with Gasteiger partial charge in [-0.05, 0) is 24.6 Å². The third-order valence-corrected chi connectivity index (χ3v) is 3.26. The maximum atomic E-state index is 12.7. The summed E-state index contributed by atoms with van der Waals surface area (Å²) in [6.45, 7) is 3.70. The molecule has 7 heteroatoms. The Bertz CT molecular complexity index is 544. The van der Waals surface area contributed by atoms with Crippen molar-refractivity contribution >= 4 is 28.8 Å². The molecule has 0 spiro atoms. The minimum absolute atomic E-state index is 0.0110. The Kier molecular flexibility index (Phi) is 5.71. The van der Waals surface area contributed by atoms with Crippen molar-refractivity contribution in [2.75, 3.05) is 5.32 Å². The highest BCUT2D eigenvalue weighted by Gasteiger charge is 2.31. The summed E-state index contributed by atoms with van der Waals surface area (Å²) in [6, 6.07) is 2.91. The Balaban J connectivity index is 3.08. The SMILES string of the molecule is CCCC(C)C(=O)Nc1ccc(C(F)(F)F)cc1C(N)=S. The van der Waals surface area contributed by atoms with Crippen molar-refractivity contribution in [3.63, 3.8) is 0 Å². The van der Waals surface area contributed by atoms with Crippen LogP contribution >= 0.6 is 12.2 Å². The van der Waals surface area contributed by atoms with Crippen molar-refractivity contribution in [2.24, 2.45) is 11.7 Å². The fourth-order valence-corrected chi connectivity index (χ4v) is 2.02. The molecule has 0 aliphatic carbocycles. The lowest BCUT2D eigenvalue weighted by molar-refractivity contribution is -0.137. The van der Waals surface area contributed by atoms with Gasteiger partial charge in [0, 0.05) is 11.5 Å². The molecular weight excluding hydrogens is 301 g/mol. The predicted molar refractivity (Wildman–Crippen MR) is 80.0 cm³/mol. The van der Waals surface area contributed by atoms with E-state index in [0.29, 0.717) is 6.42 Å². The molecule has 1 aromatic rings. The van der Waals surface area contributed by atoms with E-state index in [4.69, 9.17) is 18.0 Å². The highest BCUT2D eigenvalue weighted by molar-refractivity contribution is 7.80. The van der Waals surface area contributed by atoms with Crippen LogP contribution in [0.5, 0.6) is 0 Å². The Morgan fingerprint density at radius 3 is 2.52 bits per heavy atom. The summed E-state index contributed by atoms with van der Waals surface area (Å²) in [5.74, 6) is -0.509. The van der Waals surface area contributed by atoms with Gasteiger partial charge < -0.3 is 11.1 Å². The molecule has 0 saturated heterocycles. The molecule has 0 aliphatic heterocycles. The largest absolute Gasteiger partial charge is 0.416 e. The number of hydrogen-bond donors (Lipinski definition) is 2. The number of alkyl halides is 3. The summed E-state index contributed by atoms with van der Waals surface area (Å²) in [5, 5.41) is 2.58. The van der Waals surface area contributed by atoms with E-state index in [-0.39, 0.29) is 28.1 Å². The summed E-state index contributed by atoms with van der Waals surface area (Å²) < 4.78 is 38.0. The summed E-state index contributed by atoms with van der Waals surface area (Å²) in [7, 11) is 0. The van der Waals surface area contributed by atoms with Gasteiger partial charge in [0.1, 0.15) is 4.99 Å². The quantitative estimate of drug-likeness (QED) is 0.814. The lowest BCUT2D eigenvalue weighted by Gasteiger charge is -2.16. The number of nitrogens with one attached hydrogen (secondary N) is 1. The molecule has 1 aromatic carbocycles. The highest BCUT2D eigenvalue weighted by Crippen LogP contribution is 2.32. The van der Waals surface area contributed by atoms with Gasteiger partial charge in [-0.2, -0.15) is 13.2 Å². The maximum absolute atomic E-state index is 12.7.